The first-order chi connectivity index (χ1) is 8.80. The minimum Gasteiger partial charge on any atom is -0.480 e. The molecule has 0 aliphatic carbocycles. The number of carboxylic acid groups (broad SMARTS) is 1. The summed E-state index contributed by atoms with van der Waals surface area (Å²) in [7, 11) is 3.68. The van der Waals surface area contributed by atoms with Crippen molar-refractivity contribution in [3.63, 3.8) is 0 Å². The number of carbonyl (C=O) groups is 1. The molecule has 0 fully saturated rings. The molecule has 4 heteroatoms. The number of aliphatic carboxylic acids is 1. The topological polar surface area (TPSA) is 52.6 Å². The number of carboxylic acids is 1. The lowest BCUT2D eigenvalue weighted by atomic mass is 9.98. The molecule has 0 heterocycles. The standard InChI is InChI=1S/C15H24N2O2/c1-11-6-7-13(12(2)10-11)17(5)9-8-15(3,16-4)14(18)19/h6-7,10,16H,8-9H2,1-5H3,(H,18,19). The number of rotatable bonds is 6. The van der Waals surface area contributed by atoms with Gasteiger partial charge < -0.3 is 15.3 Å². The monoisotopic (exact) mass is 264 g/mol. The van der Waals surface area contributed by atoms with Crippen LogP contribution in [0.1, 0.15) is 24.5 Å². The smallest absolute Gasteiger partial charge is 0.323 e. The van der Waals surface area contributed by atoms with Gasteiger partial charge in [0.25, 0.3) is 0 Å². The molecule has 0 aliphatic rings. The van der Waals surface area contributed by atoms with Crippen LogP contribution in [-0.4, -0.2) is 37.3 Å². The first kappa shape index (κ1) is 15.5. The number of anilines is 1. The van der Waals surface area contributed by atoms with E-state index in [9.17, 15) is 9.90 Å². The molecule has 0 spiro atoms. The molecule has 19 heavy (non-hydrogen) atoms. The highest BCUT2D eigenvalue weighted by atomic mass is 16.4. The van der Waals surface area contributed by atoms with Crippen molar-refractivity contribution in [2.75, 3.05) is 25.5 Å². The van der Waals surface area contributed by atoms with E-state index in [1.165, 1.54) is 11.1 Å². The van der Waals surface area contributed by atoms with E-state index in [-0.39, 0.29) is 0 Å². The molecule has 1 unspecified atom stereocenters. The minimum atomic E-state index is -0.882. The Labute approximate surface area is 115 Å². The van der Waals surface area contributed by atoms with E-state index in [0.717, 1.165) is 5.69 Å². The Morgan fingerprint density at radius 2 is 2.05 bits per heavy atom. The van der Waals surface area contributed by atoms with E-state index in [0.29, 0.717) is 13.0 Å². The Kier molecular flexibility index (Phi) is 4.95. The molecular formula is C15H24N2O2. The number of hydrogen-bond donors (Lipinski definition) is 2. The fourth-order valence-electron chi connectivity index (χ4n) is 2.08. The second-order valence-electron chi connectivity index (χ2n) is 5.35. The molecule has 1 atom stereocenters. The molecule has 0 amide bonds. The van der Waals surface area contributed by atoms with Crippen LogP contribution in [0.4, 0.5) is 5.69 Å². The van der Waals surface area contributed by atoms with E-state index in [1.54, 1.807) is 14.0 Å². The van der Waals surface area contributed by atoms with Crippen molar-refractivity contribution in [3.05, 3.63) is 29.3 Å². The number of benzene rings is 1. The van der Waals surface area contributed by atoms with Crippen LogP contribution in [0.25, 0.3) is 0 Å². The molecular weight excluding hydrogens is 240 g/mol. The summed E-state index contributed by atoms with van der Waals surface area (Å²) >= 11 is 0. The number of hydrogen-bond acceptors (Lipinski definition) is 3. The molecule has 0 saturated heterocycles. The lowest BCUT2D eigenvalue weighted by molar-refractivity contribution is -0.144. The van der Waals surface area contributed by atoms with Gasteiger partial charge in [0, 0.05) is 19.3 Å². The summed E-state index contributed by atoms with van der Waals surface area (Å²) in [6.45, 7) is 6.55. The quantitative estimate of drug-likeness (QED) is 0.827. The van der Waals surface area contributed by atoms with Crippen LogP contribution >= 0.6 is 0 Å². The largest absolute Gasteiger partial charge is 0.480 e. The SMILES string of the molecule is CNC(C)(CCN(C)c1ccc(C)cc1C)C(=O)O. The summed E-state index contributed by atoms with van der Waals surface area (Å²) in [4.78, 5) is 13.3. The van der Waals surface area contributed by atoms with E-state index in [1.807, 2.05) is 7.05 Å². The van der Waals surface area contributed by atoms with Crippen molar-refractivity contribution in [2.45, 2.75) is 32.7 Å². The summed E-state index contributed by atoms with van der Waals surface area (Å²) < 4.78 is 0. The third kappa shape index (κ3) is 3.70. The van der Waals surface area contributed by atoms with Crippen LogP contribution in [0.2, 0.25) is 0 Å². The predicted molar refractivity (Wildman–Crippen MR) is 78.9 cm³/mol. The molecule has 106 valence electrons. The number of nitrogens with zero attached hydrogens (tertiary/aromatic N) is 1. The van der Waals surface area contributed by atoms with Gasteiger partial charge in [-0.3, -0.25) is 4.79 Å². The molecule has 2 N–H and O–H groups in total. The summed E-state index contributed by atoms with van der Waals surface area (Å²) in [5.41, 5.74) is 2.71. The zero-order valence-corrected chi connectivity index (χ0v) is 12.4. The summed E-state index contributed by atoms with van der Waals surface area (Å²) in [5.74, 6) is -0.816. The second kappa shape index (κ2) is 6.06. The zero-order valence-electron chi connectivity index (χ0n) is 12.4. The predicted octanol–water partition coefficient (Wildman–Crippen LogP) is 2.19. The van der Waals surface area contributed by atoms with Crippen LogP contribution in [0.15, 0.2) is 18.2 Å². The number of nitrogens with one attached hydrogen (secondary N) is 1. The summed E-state index contributed by atoms with van der Waals surface area (Å²) in [6, 6.07) is 6.30. The van der Waals surface area contributed by atoms with Gasteiger partial charge in [-0.05, 0) is 45.9 Å². The van der Waals surface area contributed by atoms with Crippen molar-refractivity contribution >= 4 is 11.7 Å². The highest BCUT2D eigenvalue weighted by Gasteiger charge is 2.31. The van der Waals surface area contributed by atoms with Crippen LogP contribution in [0, 0.1) is 13.8 Å². The summed E-state index contributed by atoms with van der Waals surface area (Å²) in [5, 5.41) is 12.1. The van der Waals surface area contributed by atoms with Crippen molar-refractivity contribution in [3.8, 4) is 0 Å². The molecule has 0 aliphatic heterocycles. The van der Waals surface area contributed by atoms with E-state index in [2.05, 4.69) is 42.3 Å². The van der Waals surface area contributed by atoms with Gasteiger partial charge in [-0.25, -0.2) is 0 Å². The lowest BCUT2D eigenvalue weighted by Gasteiger charge is -2.28. The Morgan fingerprint density at radius 3 is 2.53 bits per heavy atom. The van der Waals surface area contributed by atoms with Gasteiger partial charge in [0.05, 0.1) is 0 Å². The average Bonchev–Trinajstić information content (AvgIpc) is 2.35. The second-order valence-corrected chi connectivity index (χ2v) is 5.35. The van der Waals surface area contributed by atoms with Crippen molar-refractivity contribution in [1.82, 2.24) is 5.32 Å². The van der Waals surface area contributed by atoms with E-state index < -0.39 is 11.5 Å². The van der Waals surface area contributed by atoms with Gasteiger partial charge in [0.2, 0.25) is 0 Å². The van der Waals surface area contributed by atoms with Gasteiger partial charge >= 0.3 is 5.97 Å². The Hall–Kier alpha value is -1.55. The van der Waals surface area contributed by atoms with E-state index >= 15 is 0 Å². The Bertz CT molecular complexity index is 459. The molecule has 1 aromatic carbocycles. The van der Waals surface area contributed by atoms with Crippen LogP contribution in [-0.2, 0) is 4.79 Å². The maximum atomic E-state index is 11.2. The van der Waals surface area contributed by atoms with Crippen molar-refractivity contribution < 1.29 is 9.90 Å². The average molecular weight is 264 g/mol. The first-order valence-corrected chi connectivity index (χ1v) is 6.51. The number of aryl methyl sites for hydroxylation is 2. The highest BCUT2D eigenvalue weighted by Crippen LogP contribution is 2.21. The van der Waals surface area contributed by atoms with Gasteiger partial charge in [0.1, 0.15) is 5.54 Å². The molecule has 0 aromatic heterocycles. The van der Waals surface area contributed by atoms with Crippen molar-refractivity contribution in [2.24, 2.45) is 0 Å². The third-order valence-corrected chi connectivity index (χ3v) is 3.73. The Balaban J connectivity index is 2.75. The maximum Gasteiger partial charge on any atom is 0.323 e. The summed E-state index contributed by atoms with van der Waals surface area (Å²) in [6.07, 6.45) is 0.544. The van der Waals surface area contributed by atoms with Gasteiger partial charge in [0.15, 0.2) is 0 Å². The van der Waals surface area contributed by atoms with Crippen molar-refractivity contribution in [1.29, 1.82) is 0 Å². The van der Waals surface area contributed by atoms with Crippen LogP contribution in [0.5, 0.6) is 0 Å². The minimum absolute atomic E-state index is 0.544. The fourth-order valence-corrected chi connectivity index (χ4v) is 2.08. The molecule has 0 saturated carbocycles. The maximum absolute atomic E-state index is 11.2. The molecule has 4 nitrogen and oxygen atoms in total. The van der Waals surface area contributed by atoms with Crippen LogP contribution in [0.3, 0.4) is 0 Å². The Morgan fingerprint density at radius 1 is 1.42 bits per heavy atom. The first-order valence-electron chi connectivity index (χ1n) is 6.51. The fraction of sp³-hybridized carbons (Fsp3) is 0.533. The zero-order chi connectivity index (χ0) is 14.6. The molecule has 1 aromatic rings. The molecule has 1 rings (SSSR count). The number of likely N-dealkylation sites (N-methyl/N-ethyl adjacent to an activating group) is 1. The molecule has 0 radical (unpaired) electrons. The normalized spacial score (nSPS) is 13.9. The van der Waals surface area contributed by atoms with Crippen LogP contribution < -0.4 is 10.2 Å². The van der Waals surface area contributed by atoms with Gasteiger partial charge in [-0.1, -0.05) is 17.7 Å². The molecule has 0 bridgehead atoms. The highest BCUT2D eigenvalue weighted by molar-refractivity contribution is 5.78. The van der Waals surface area contributed by atoms with Gasteiger partial charge in [-0.15, -0.1) is 0 Å². The third-order valence-electron chi connectivity index (χ3n) is 3.73. The van der Waals surface area contributed by atoms with Gasteiger partial charge in [-0.2, -0.15) is 0 Å². The van der Waals surface area contributed by atoms with E-state index in [4.69, 9.17) is 0 Å². The lowest BCUT2D eigenvalue weighted by Crippen LogP contribution is -2.49.